The Kier molecular flexibility index (Phi) is 7.27. The van der Waals surface area contributed by atoms with Gasteiger partial charge in [0, 0.05) is 30.4 Å². The van der Waals surface area contributed by atoms with E-state index in [0.717, 1.165) is 9.37 Å². The predicted molar refractivity (Wildman–Crippen MR) is 92.2 cm³/mol. The molecule has 0 fully saturated rings. The topological polar surface area (TPSA) is 51.7 Å². The maximum atomic E-state index is 12.7. The van der Waals surface area contributed by atoms with E-state index in [4.69, 9.17) is 9.47 Å². The Labute approximate surface area is 152 Å². The van der Waals surface area contributed by atoms with Gasteiger partial charge in [0.25, 0.3) is 12.3 Å². The molecule has 1 amide bonds. The monoisotopic (exact) mass is 414 g/mol. The lowest BCUT2D eigenvalue weighted by Crippen LogP contribution is -2.37. The fourth-order valence-electron chi connectivity index (χ4n) is 2.04. The first-order valence-electron chi connectivity index (χ1n) is 7.45. The van der Waals surface area contributed by atoms with Gasteiger partial charge in [0.2, 0.25) is 5.88 Å². The third kappa shape index (κ3) is 6.06. The van der Waals surface area contributed by atoms with Crippen molar-refractivity contribution in [2.75, 3.05) is 26.8 Å². The Hall–Kier alpha value is -2.06. The van der Waals surface area contributed by atoms with Crippen molar-refractivity contribution < 1.29 is 23.0 Å². The van der Waals surface area contributed by atoms with Crippen LogP contribution in [-0.2, 0) is 4.74 Å². The number of rotatable bonds is 8. The SMILES string of the molecule is COCCN(CC(F)F)C(=O)c1ccc(Oc2cccc(Br)c2)nc1. The third-order valence-electron chi connectivity index (χ3n) is 3.21. The van der Waals surface area contributed by atoms with Crippen LogP contribution in [-0.4, -0.2) is 49.0 Å². The van der Waals surface area contributed by atoms with Gasteiger partial charge < -0.3 is 14.4 Å². The van der Waals surface area contributed by atoms with Crippen molar-refractivity contribution in [2.45, 2.75) is 6.43 Å². The maximum Gasteiger partial charge on any atom is 0.255 e. The number of carbonyl (C=O) groups excluding carboxylic acids is 1. The molecule has 0 atom stereocenters. The van der Waals surface area contributed by atoms with Crippen molar-refractivity contribution in [1.29, 1.82) is 0 Å². The van der Waals surface area contributed by atoms with E-state index in [1.807, 2.05) is 12.1 Å². The first-order chi connectivity index (χ1) is 12.0. The van der Waals surface area contributed by atoms with Crippen LogP contribution in [0.25, 0.3) is 0 Å². The highest BCUT2D eigenvalue weighted by atomic mass is 79.9. The summed E-state index contributed by atoms with van der Waals surface area (Å²) in [5.41, 5.74) is 0.207. The lowest BCUT2D eigenvalue weighted by atomic mass is 10.2. The summed E-state index contributed by atoms with van der Waals surface area (Å²) in [5.74, 6) is 0.353. The Morgan fingerprint density at radius 1 is 1.32 bits per heavy atom. The summed E-state index contributed by atoms with van der Waals surface area (Å²) in [6.07, 6.45) is -1.31. The zero-order valence-corrected chi connectivity index (χ0v) is 15.1. The number of aromatic nitrogens is 1. The molecule has 0 aliphatic heterocycles. The molecule has 2 rings (SSSR count). The summed E-state index contributed by atoms with van der Waals surface area (Å²) < 4.78 is 36.6. The first kappa shape index (κ1) is 19.3. The number of benzene rings is 1. The average molecular weight is 415 g/mol. The van der Waals surface area contributed by atoms with Gasteiger partial charge in [-0.3, -0.25) is 4.79 Å². The van der Waals surface area contributed by atoms with Gasteiger partial charge in [0.05, 0.1) is 18.7 Å². The van der Waals surface area contributed by atoms with Gasteiger partial charge in [-0.25, -0.2) is 13.8 Å². The molecule has 134 valence electrons. The molecule has 2 aromatic rings. The summed E-state index contributed by atoms with van der Waals surface area (Å²) in [6, 6.07) is 10.2. The number of ether oxygens (including phenoxy) is 2. The van der Waals surface area contributed by atoms with Crippen LogP contribution in [0.4, 0.5) is 8.78 Å². The number of methoxy groups -OCH3 is 1. The van der Waals surface area contributed by atoms with Crippen LogP contribution >= 0.6 is 15.9 Å². The molecule has 0 aliphatic rings. The van der Waals surface area contributed by atoms with E-state index in [0.29, 0.717) is 11.6 Å². The predicted octanol–water partition coefficient (Wildman–Crippen LogP) is 3.99. The third-order valence-corrected chi connectivity index (χ3v) is 3.71. The highest BCUT2D eigenvalue weighted by Gasteiger charge is 2.20. The normalized spacial score (nSPS) is 10.8. The zero-order valence-electron chi connectivity index (χ0n) is 13.5. The van der Waals surface area contributed by atoms with Gasteiger partial charge in [0.1, 0.15) is 5.75 Å². The second-order valence-corrected chi connectivity index (χ2v) is 6.00. The summed E-state index contributed by atoms with van der Waals surface area (Å²) in [6.45, 7) is -0.398. The molecule has 5 nitrogen and oxygen atoms in total. The summed E-state index contributed by atoms with van der Waals surface area (Å²) >= 11 is 3.34. The number of pyridine rings is 1. The highest BCUT2D eigenvalue weighted by molar-refractivity contribution is 9.10. The molecule has 0 unspecified atom stereocenters. The van der Waals surface area contributed by atoms with E-state index >= 15 is 0 Å². The molecule has 1 aromatic heterocycles. The minimum Gasteiger partial charge on any atom is -0.439 e. The Morgan fingerprint density at radius 3 is 2.72 bits per heavy atom. The molecular formula is C17H17BrF2N2O3. The molecule has 0 spiro atoms. The summed E-state index contributed by atoms with van der Waals surface area (Å²) in [4.78, 5) is 17.5. The smallest absolute Gasteiger partial charge is 0.255 e. The van der Waals surface area contributed by atoms with E-state index in [-0.39, 0.29) is 18.7 Å². The average Bonchev–Trinajstić information content (AvgIpc) is 2.58. The quantitative estimate of drug-likeness (QED) is 0.655. The van der Waals surface area contributed by atoms with Crippen molar-refractivity contribution in [3.05, 3.63) is 52.6 Å². The van der Waals surface area contributed by atoms with Crippen molar-refractivity contribution in [1.82, 2.24) is 9.88 Å². The zero-order chi connectivity index (χ0) is 18.2. The largest absolute Gasteiger partial charge is 0.439 e. The molecule has 0 N–H and O–H groups in total. The number of alkyl halides is 2. The van der Waals surface area contributed by atoms with E-state index in [1.54, 1.807) is 12.1 Å². The van der Waals surface area contributed by atoms with Crippen molar-refractivity contribution in [3.8, 4) is 11.6 Å². The fraction of sp³-hybridized carbons (Fsp3) is 0.294. The highest BCUT2D eigenvalue weighted by Crippen LogP contribution is 2.23. The molecule has 0 bridgehead atoms. The number of nitrogens with zero attached hydrogens (tertiary/aromatic N) is 2. The minimum atomic E-state index is -2.62. The van der Waals surface area contributed by atoms with Gasteiger partial charge >= 0.3 is 0 Å². The fourth-order valence-corrected chi connectivity index (χ4v) is 2.42. The van der Waals surface area contributed by atoms with Crippen LogP contribution in [0.5, 0.6) is 11.6 Å². The molecule has 1 heterocycles. The van der Waals surface area contributed by atoms with Crippen molar-refractivity contribution in [3.63, 3.8) is 0 Å². The first-order valence-corrected chi connectivity index (χ1v) is 8.24. The number of carbonyl (C=O) groups is 1. The van der Waals surface area contributed by atoms with Crippen molar-refractivity contribution >= 4 is 21.8 Å². The van der Waals surface area contributed by atoms with Crippen LogP contribution in [0.3, 0.4) is 0 Å². The van der Waals surface area contributed by atoms with Crippen LogP contribution in [0, 0.1) is 0 Å². The number of hydrogen-bond acceptors (Lipinski definition) is 4. The maximum absolute atomic E-state index is 12.7. The van der Waals surface area contributed by atoms with Crippen LogP contribution in [0.2, 0.25) is 0 Å². The van der Waals surface area contributed by atoms with Crippen LogP contribution in [0.1, 0.15) is 10.4 Å². The summed E-state index contributed by atoms with van der Waals surface area (Å²) in [7, 11) is 1.45. The summed E-state index contributed by atoms with van der Waals surface area (Å²) in [5, 5.41) is 0. The lowest BCUT2D eigenvalue weighted by molar-refractivity contribution is 0.0477. The van der Waals surface area contributed by atoms with E-state index in [9.17, 15) is 13.6 Å². The second-order valence-electron chi connectivity index (χ2n) is 5.08. The van der Waals surface area contributed by atoms with E-state index < -0.39 is 18.9 Å². The lowest BCUT2D eigenvalue weighted by Gasteiger charge is -2.21. The molecule has 25 heavy (non-hydrogen) atoms. The standard InChI is InChI=1S/C17H17BrF2N2O3/c1-24-8-7-22(11-15(19)20)17(23)12-5-6-16(21-10-12)25-14-4-2-3-13(18)9-14/h2-6,9-10,15H,7-8,11H2,1H3. The van der Waals surface area contributed by atoms with Gasteiger partial charge in [-0.1, -0.05) is 22.0 Å². The van der Waals surface area contributed by atoms with Crippen molar-refractivity contribution in [2.24, 2.45) is 0 Å². The van der Waals surface area contributed by atoms with Gasteiger partial charge in [-0.2, -0.15) is 0 Å². The molecular weight excluding hydrogens is 398 g/mol. The van der Waals surface area contributed by atoms with Gasteiger partial charge in [0.15, 0.2) is 0 Å². The van der Waals surface area contributed by atoms with Crippen LogP contribution in [0.15, 0.2) is 47.1 Å². The molecule has 0 aliphatic carbocycles. The van der Waals surface area contributed by atoms with E-state index in [1.165, 1.54) is 25.4 Å². The Bertz CT molecular complexity index is 699. The Morgan fingerprint density at radius 2 is 2.12 bits per heavy atom. The molecule has 1 aromatic carbocycles. The van der Waals surface area contributed by atoms with Crippen LogP contribution < -0.4 is 4.74 Å². The number of hydrogen-bond donors (Lipinski definition) is 0. The molecule has 0 saturated heterocycles. The Balaban J connectivity index is 2.07. The molecule has 8 heteroatoms. The van der Waals surface area contributed by atoms with Gasteiger partial charge in [-0.05, 0) is 24.3 Å². The number of halogens is 3. The minimum absolute atomic E-state index is 0.0793. The van der Waals surface area contributed by atoms with Gasteiger partial charge in [-0.15, -0.1) is 0 Å². The number of amides is 1. The molecule has 0 radical (unpaired) electrons. The second kappa shape index (κ2) is 9.43. The molecule has 0 saturated carbocycles. The van der Waals surface area contributed by atoms with E-state index in [2.05, 4.69) is 20.9 Å².